The zero-order valence-electron chi connectivity index (χ0n) is 12.1. The monoisotopic (exact) mass is 290 g/mol. The zero-order chi connectivity index (χ0) is 14.1. The quantitative estimate of drug-likeness (QED) is 0.865. The van der Waals surface area contributed by atoms with Gasteiger partial charge in [-0.05, 0) is 62.3 Å². The first-order valence-corrected chi connectivity index (χ1v) is 8.71. The molecule has 2 saturated carbocycles. The molecule has 3 rings (SSSR count). The van der Waals surface area contributed by atoms with Crippen LogP contribution in [0.25, 0.3) is 0 Å². The second kappa shape index (κ2) is 5.76. The molecule has 1 amide bonds. The van der Waals surface area contributed by atoms with Crippen molar-refractivity contribution in [1.82, 2.24) is 10.3 Å². The maximum absolute atomic E-state index is 12.4. The number of hydrogen-bond acceptors (Lipinski definition) is 3. The molecule has 4 heteroatoms. The van der Waals surface area contributed by atoms with Crippen LogP contribution in [0.5, 0.6) is 0 Å². The first kappa shape index (κ1) is 13.9. The molecule has 1 heterocycles. The lowest BCUT2D eigenvalue weighted by Crippen LogP contribution is -2.40. The Balaban J connectivity index is 1.66. The van der Waals surface area contributed by atoms with Gasteiger partial charge in [0.05, 0.1) is 5.56 Å². The number of hydrogen-bond donors (Lipinski definition) is 1. The Morgan fingerprint density at radius 3 is 2.95 bits per heavy atom. The van der Waals surface area contributed by atoms with Gasteiger partial charge in [-0.15, -0.1) is 11.8 Å². The van der Waals surface area contributed by atoms with Crippen LogP contribution in [0.4, 0.5) is 0 Å². The molecule has 108 valence electrons. The molecule has 2 bridgehead atoms. The van der Waals surface area contributed by atoms with Crippen LogP contribution in [0.1, 0.15) is 43.0 Å². The molecule has 1 aromatic rings. The van der Waals surface area contributed by atoms with E-state index in [4.69, 9.17) is 0 Å². The Morgan fingerprint density at radius 2 is 2.30 bits per heavy atom. The van der Waals surface area contributed by atoms with E-state index >= 15 is 0 Å². The van der Waals surface area contributed by atoms with Gasteiger partial charge in [0.1, 0.15) is 5.03 Å². The van der Waals surface area contributed by atoms with Gasteiger partial charge in [0, 0.05) is 12.2 Å². The number of pyridine rings is 1. The summed E-state index contributed by atoms with van der Waals surface area (Å²) >= 11 is 1.52. The van der Waals surface area contributed by atoms with Gasteiger partial charge in [-0.2, -0.15) is 0 Å². The van der Waals surface area contributed by atoms with Crippen LogP contribution >= 0.6 is 11.8 Å². The molecule has 20 heavy (non-hydrogen) atoms. The first-order chi connectivity index (χ1) is 9.69. The van der Waals surface area contributed by atoms with Gasteiger partial charge in [0.2, 0.25) is 0 Å². The lowest BCUT2D eigenvalue weighted by Gasteiger charge is -2.28. The number of aromatic nitrogens is 1. The third kappa shape index (κ3) is 2.58. The number of nitrogens with zero attached hydrogens (tertiary/aromatic N) is 1. The molecule has 4 atom stereocenters. The van der Waals surface area contributed by atoms with Gasteiger partial charge in [-0.1, -0.05) is 6.42 Å². The number of fused-ring (bicyclic) bond motifs is 2. The maximum atomic E-state index is 12.4. The average Bonchev–Trinajstić information content (AvgIpc) is 3.09. The highest BCUT2D eigenvalue weighted by Gasteiger charge is 2.42. The van der Waals surface area contributed by atoms with Crippen LogP contribution < -0.4 is 5.32 Å². The highest BCUT2D eigenvalue weighted by Crippen LogP contribution is 2.49. The molecular weight excluding hydrogens is 268 g/mol. The highest BCUT2D eigenvalue weighted by molar-refractivity contribution is 7.98. The predicted octanol–water partition coefficient (Wildman–Crippen LogP) is 3.36. The molecule has 0 aliphatic heterocycles. The third-order valence-electron chi connectivity index (χ3n) is 5.00. The van der Waals surface area contributed by atoms with Crippen molar-refractivity contribution in [3.63, 3.8) is 0 Å². The van der Waals surface area contributed by atoms with Crippen molar-refractivity contribution in [3.05, 3.63) is 23.9 Å². The SMILES string of the molecule is CSc1ncccc1C(=O)N[C@@H](C)[C@@H]1C[C@H]2CC[C@H]1C2. The van der Waals surface area contributed by atoms with Crippen LogP contribution in [-0.2, 0) is 0 Å². The van der Waals surface area contributed by atoms with E-state index in [1.54, 1.807) is 6.20 Å². The average molecular weight is 290 g/mol. The van der Waals surface area contributed by atoms with Crippen molar-refractivity contribution >= 4 is 17.7 Å². The molecule has 2 fully saturated rings. The van der Waals surface area contributed by atoms with Crippen molar-refractivity contribution in [2.24, 2.45) is 17.8 Å². The lowest BCUT2D eigenvalue weighted by atomic mass is 9.84. The smallest absolute Gasteiger partial charge is 0.254 e. The van der Waals surface area contributed by atoms with Gasteiger partial charge >= 0.3 is 0 Å². The number of carbonyl (C=O) groups is 1. The molecule has 0 spiro atoms. The van der Waals surface area contributed by atoms with Crippen LogP contribution in [-0.4, -0.2) is 23.2 Å². The summed E-state index contributed by atoms with van der Waals surface area (Å²) in [6.07, 6.45) is 9.14. The van der Waals surface area contributed by atoms with Gasteiger partial charge in [-0.25, -0.2) is 4.98 Å². The van der Waals surface area contributed by atoms with Crippen LogP contribution in [0, 0.1) is 17.8 Å². The largest absolute Gasteiger partial charge is 0.349 e. The standard InChI is InChI=1S/C16H22N2OS/c1-10(14-9-11-5-6-12(14)8-11)18-15(19)13-4-3-7-17-16(13)20-2/h3-4,7,10-12,14H,5-6,8-9H2,1-2H3,(H,18,19)/t10-,11-,12-,14-/m0/s1. The van der Waals surface area contributed by atoms with E-state index in [1.165, 1.54) is 37.4 Å². The summed E-state index contributed by atoms with van der Waals surface area (Å²) in [7, 11) is 0. The topological polar surface area (TPSA) is 42.0 Å². The summed E-state index contributed by atoms with van der Waals surface area (Å²) in [6, 6.07) is 3.96. The van der Waals surface area contributed by atoms with Crippen LogP contribution in [0.15, 0.2) is 23.4 Å². The van der Waals surface area contributed by atoms with Gasteiger partial charge in [0.25, 0.3) is 5.91 Å². The van der Waals surface area contributed by atoms with E-state index in [1.807, 2.05) is 18.4 Å². The van der Waals surface area contributed by atoms with Crippen molar-refractivity contribution in [3.8, 4) is 0 Å². The minimum atomic E-state index is 0.0257. The fourth-order valence-corrected chi connectivity index (χ4v) is 4.57. The molecule has 0 radical (unpaired) electrons. The van der Waals surface area contributed by atoms with E-state index in [9.17, 15) is 4.79 Å². The van der Waals surface area contributed by atoms with E-state index in [0.29, 0.717) is 11.5 Å². The molecule has 1 N–H and O–H groups in total. The summed E-state index contributed by atoms with van der Waals surface area (Å²) in [6.45, 7) is 2.17. The Labute approximate surface area is 124 Å². The zero-order valence-corrected chi connectivity index (χ0v) is 13.0. The Kier molecular flexibility index (Phi) is 4.01. The molecule has 1 aromatic heterocycles. The summed E-state index contributed by atoms with van der Waals surface area (Å²) in [5, 5.41) is 4.02. The minimum absolute atomic E-state index is 0.0257. The lowest BCUT2D eigenvalue weighted by molar-refractivity contribution is 0.0911. The Bertz CT molecular complexity index is 505. The molecule has 0 saturated heterocycles. The summed E-state index contributed by atoms with van der Waals surface area (Å²) in [4.78, 5) is 16.7. The summed E-state index contributed by atoms with van der Waals surface area (Å²) in [5.74, 6) is 2.46. The number of carbonyl (C=O) groups excluding carboxylic acids is 1. The summed E-state index contributed by atoms with van der Waals surface area (Å²) in [5.41, 5.74) is 0.704. The Hall–Kier alpha value is -1.03. The number of amides is 1. The number of thioether (sulfide) groups is 1. The minimum Gasteiger partial charge on any atom is -0.349 e. The summed E-state index contributed by atoms with van der Waals surface area (Å²) < 4.78 is 0. The van der Waals surface area contributed by atoms with E-state index in [2.05, 4.69) is 17.2 Å². The molecule has 0 unspecified atom stereocenters. The van der Waals surface area contributed by atoms with Crippen molar-refractivity contribution in [2.75, 3.05) is 6.26 Å². The maximum Gasteiger partial charge on any atom is 0.254 e. The predicted molar refractivity (Wildman–Crippen MR) is 81.9 cm³/mol. The van der Waals surface area contributed by atoms with E-state index in [0.717, 1.165) is 16.9 Å². The van der Waals surface area contributed by atoms with Crippen LogP contribution in [0.3, 0.4) is 0 Å². The number of nitrogens with one attached hydrogen (secondary N) is 1. The Morgan fingerprint density at radius 1 is 1.45 bits per heavy atom. The third-order valence-corrected chi connectivity index (χ3v) is 5.71. The first-order valence-electron chi connectivity index (χ1n) is 7.49. The van der Waals surface area contributed by atoms with Crippen molar-refractivity contribution < 1.29 is 4.79 Å². The van der Waals surface area contributed by atoms with E-state index in [-0.39, 0.29) is 11.9 Å². The van der Waals surface area contributed by atoms with Gasteiger partial charge in [0.15, 0.2) is 0 Å². The molecule has 2 aliphatic carbocycles. The number of rotatable bonds is 4. The fourth-order valence-electron chi connectivity index (χ4n) is 4.02. The normalized spacial score (nSPS) is 29.4. The molecule has 0 aromatic carbocycles. The van der Waals surface area contributed by atoms with Gasteiger partial charge < -0.3 is 5.32 Å². The van der Waals surface area contributed by atoms with Crippen molar-refractivity contribution in [2.45, 2.75) is 43.7 Å². The second-order valence-corrected chi connectivity index (χ2v) is 6.96. The van der Waals surface area contributed by atoms with Crippen molar-refractivity contribution in [1.29, 1.82) is 0 Å². The molecular formula is C16H22N2OS. The highest BCUT2D eigenvalue weighted by atomic mass is 32.2. The van der Waals surface area contributed by atoms with Gasteiger partial charge in [-0.3, -0.25) is 4.79 Å². The van der Waals surface area contributed by atoms with E-state index < -0.39 is 0 Å². The molecule has 2 aliphatic rings. The van der Waals surface area contributed by atoms with Crippen LogP contribution in [0.2, 0.25) is 0 Å². The fraction of sp³-hybridized carbons (Fsp3) is 0.625. The molecule has 3 nitrogen and oxygen atoms in total. The second-order valence-electron chi connectivity index (χ2n) is 6.16.